The maximum Gasteiger partial charge on any atom is 0.262 e. The van der Waals surface area contributed by atoms with Gasteiger partial charge in [0.1, 0.15) is 6.04 Å². The van der Waals surface area contributed by atoms with Gasteiger partial charge in [0, 0.05) is 19.6 Å². The molecule has 1 aromatic carbocycles. The van der Waals surface area contributed by atoms with Crippen molar-refractivity contribution in [3.63, 3.8) is 0 Å². The van der Waals surface area contributed by atoms with E-state index in [1.54, 1.807) is 19.1 Å². The average Bonchev–Trinajstić information content (AvgIpc) is 3.19. The molecule has 3 heterocycles. The Morgan fingerprint density at radius 2 is 2.00 bits per heavy atom. The molecule has 2 aliphatic rings. The van der Waals surface area contributed by atoms with Gasteiger partial charge in [-0.25, -0.2) is 0 Å². The quantitative estimate of drug-likeness (QED) is 0.796. The summed E-state index contributed by atoms with van der Waals surface area (Å²) in [5, 5.41) is 7.39. The van der Waals surface area contributed by atoms with Gasteiger partial charge in [-0.1, -0.05) is 16.8 Å². The van der Waals surface area contributed by atoms with E-state index in [4.69, 9.17) is 4.52 Å². The molecular formula is C18H22ClN5O3. The number of hydrogen-bond donors (Lipinski definition) is 1. The van der Waals surface area contributed by atoms with Crippen LogP contribution in [0.4, 0.5) is 0 Å². The van der Waals surface area contributed by atoms with E-state index in [1.807, 2.05) is 20.0 Å². The van der Waals surface area contributed by atoms with Gasteiger partial charge in [-0.15, -0.1) is 12.4 Å². The topological polar surface area (TPSA) is 91.6 Å². The molecule has 2 amide bonds. The van der Waals surface area contributed by atoms with Crippen LogP contribution in [0.15, 0.2) is 22.7 Å². The van der Waals surface area contributed by atoms with Crippen LogP contribution >= 0.6 is 12.4 Å². The summed E-state index contributed by atoms with van der Waals surface area (Å²) in [6, 6.07) is 4.66. The first-order chi connectivity index (χ1) is 12.5. The second kappa shape index (κ2) is 7.38. The van der Waals surface area contributed by atoms with Gasteiger partial charge in [0.05, 0.1) is 17.2 Å². The summed E-state index contributed by atoms with van der Waals surface area (Å²) in [6.45, 7) is 6.17. The van der Waals surface area contributed by atoms with E-state index >= 15 is 0 Å². The first kappa shape index (κ1) is 19.5. The fraction of sp³-hybridized carbons (Fsp3) is 0.444. The first-order valence-corrected chi connectivity index (χ1v) is 8.70. The van der Waals surface area contributed by atoms with Crippen molar-refractivity contribution in [3.8, 4) is 0 Å². The summed E-state index contributed by atoms with van der Waals surface area (Å²) in [7, 11) is 2.01. The van der Waals surface area contributed by atoms with E-state index in [2.05, 4.69) is 20.4 Å². The number of halogens is 1. The van der Waals surface area contributed by atoms with Crippen molar-refractivity contribution < 1.29 is 14.1 Å². The Morgan fingerprint density at radius 3 is 2.74 bits per heavy atom. The normalized spacial score (nSPS) is 21.1. The Kier molecular flexibility index (Phi) is 5.32. The largest absolute Gasteiger partial charge is 0.337 e. The Hall–Kier alpha value is -2.29. The summed E-state index contributed by atoms with van der Waals surface area (Å²) in [5.74, 6) is 0.185. The van der Waals surface area contributed by atoms with Crippen molar-refractivity contribution in [1.29, 1.82) is 0 Å². The van der Waals surface area contributed by atoms with Crippen LogP contribution in [0.3, 0.4) is 0 Å². The lowest BCUT2D eigenvalue weighted by Gasteiger charge is -2.30. The van der Waals surface area contributed by atoms with E-state index in [0.717, 1.165) is 25.2 Å². The first-order valence-electron chi connectivity index (χ1n) is 8.70. The molecule has 27 heavy (non-hydrogen) atoms. The molecule has 1 aromatic heterocycles. The highest BCUT2D eigenvalue weighted by molar-refractivity contribution is 6.21. The van der Waals surface area contributed by atoms with E-state index < -0.39 is 6.04 Å². The van der Waals surface area contributed by atoms with E-state index in [1.165, 1.54) is 4.90 Å². The molecule has 1 N–H and O–H groups in total. The number of piperazine rings is 1. The third-order valence-corrected chi connectivity index (χ3v) is 5.08. The van der Waals surface area contributed by atoms with Crippen LogP contribution in [0.1, 0.15) is 57.0 Å². The molecule has 0 bridgehead atoms. The van der Waals surface area contributed by atoms with Gasteiger partial charge < -0.3 is 9.84 Å². The number of amides is 2. The number of aromatic nitrogens is 2. The van der Waals surface area contributed by atoms with Crippen molar-refractivity contribution in [2.75, 3.05) is 26.7 Å². The van der Waals surface area contributed by atoms with Crippen molar-refractivity contribution in [1.82, 2.24) is 25.3 Å². The monoisotopic (exact) mass is 391 g/mol. The number of aryl methyl sites for hydroxylation is 1. The fourth-order valence-corrected chi connectivity index (χ4v) is 3.48. The number of rotatable bonds is 3. The van der Waals surface area contributed by atoms with Crippen LogP contribution in [0.5, 0.6) is 0 Å². The van der Waals surface area contributed by atoms with Gasteiger partial charge in [0.2, 0.25) is 5.89 Å². The molecule has 9 heteroatoms. The number of benzene rings is 1. The lowest BCUT2D eigenvalue weighted by Crippen LogP contribution is -2.44. The molecule has 0 saturated carbocycles. The number of hydrogen-bond acceptors (Lipinski definition) is 7. The highest BCUT2D eigenvalue weighted by Crippen LogP contribution is 2.31. The number of carbonyl (C=O) groups excluding carboxylic acids is 2. The van der Waals surface area contributed by atoms with Gasteiger partial charge in [-0.05, 0) is 33.0 Å². The molecule has 2 aromatic rings. The highest BCUT2D eigenvalue weighted by Gasteiger charge is 2.41. The summed E-state index contributed by atoms with van der Waals surface area (Å²) in [6.07, 6.45) is 0. The molecule has 2 aliphatic heterocycles. The lowest BCUT2D eigenvalue weighted by atomic mass is 10.1. The van der Waals surface area contributed by atoms with Gasteiger partial charge in [0.25, 0.3) is 11.8 Å². The molecule has 1 fully saturated rings. The third-order valence-electron chi connectivity index (χ3n) is 5.08. The van der Waals surface area contributed by atoms with Crippen LogP contribution < -0.4 is 5.32 Å². The Bertz CT molecular complexity index is 884. The maximum atomic E-state index is 12.7. The SMILES string of the molecule is Cc1ccc2c(c1)C(=O)N(C(C)c1nc(C3CNCCN3C)no1)C2=O.Cl. The molecular weight excluding hydrogens is 370 g/mol. The molecule has 2 atom stereocenters. The van der Waals surface area contributed by atoms with E-state index in [9.17, 15) is 9.59 Å². The number of nitrogens with zero attached hydrogens (tertiary/aromatic N) is 4. The van der Waals surface area contributed by atoms with Crippen molar-refractivity contribution in [2.24, 2.45) is 0 Å². The second-order valence-electron chi connectivity index (χ2n) is 6.90. The van der Waals surface area contributed by atoms with Gasteiger partial charge >= 0.3 is 0 Å². The molecule has 144 valence electrons. The zero-order valence-electron chi connectivity index (χ0n) is 15.4. The molecule has 4 rings (SSSR count). The maximum absolute atomic E-state index is 12.7. The van der Waals surface area contributed by atoms with E-state index in [0.29, 0.717) is 17.0 Å². The number of fused-ring (bicyclic) bond motifs is 1. The van der Waals surface area contributed by atoms with Crippen LogP contribution in [0.2, 0.25) is 0 Å². The average molecular weight is 392 g/mol. The molecule has 8 nitrogen and oxygen atoms in total. The van der Waals surface area contributed by atoms with Crippen molar-refractivity contribution >= 4 is 24.2 Å². The summed E-state index contributed by atoms with van der Waals surface area (Å²) < 4.78 is 5.40. The molecule has 2 unspecified atom stereocenters. The number of nitrogens with one attached hydrogen (secondary N) is 1. The summed E-state index contributed by atoms with van der Waals surface area (Å²) in [4.78, 5) is 33.2. The molecule has 0 aliphatic carbocycles. The van der Waals surface area contributed by atoms with E-state index in [-0.39, 0.29) is 36.2 Å². The number of imide groups is 1. The van der Waals surface area contributed by atoms with Crippen LogP contribution in [0, 0.1) is 6.92 Å². The van der Waals surface area contributed by atoms with Gasteiger partial charge in [-0.2, -0.15) is 4.98 Å². The van der Waals surface area contributed by atoms with Crippen LogP contribution in [0.25, 0.3) is 0 Å². The Balaban J connectivity index is 0.00000210. The lowest BCUT2D eigenvalue weighted by molar-refractivity contribution is 0.0568. The minimum Gasteiger partial charge on any atom is -0.337 e. The molecule has 0 spiro atoms. The zero-order valence-corrected chi connectivity index (χ0v) is 16.2. The molecule has 0 radical (unpaired) electrons. The van der Waals surface area contributed by atoms with Crippen LogP contribution in [-0.2, 0) is 0 Å². The number of carbonyl (C=O) groups is 2. The Morgan fingerprint density at radius 1 is 1.26 bits per heavy atom. The van der Waals surface area contributed by atoms with Crippen molar-refractivity contribution in [3.05, 3.63) is 46.6 Å². The summed E-state index contributed by atoms with van der Waals surface area (Å²) in [5.41, 5.74) is 1.79. The smallest absolute Gasteiger partial charge is 0.262 e. The summed E-state index contributed by atoms with van der Waals surface area (Å²) >= 11 is 0. The third kappa shape index (κ3) is 3.24. The zero-order chi connectivity index (χ0) is 18.4. The standard InChI is InChI=1S/C18H21N5O3.ClH/c1-10-4-5-12-13(8-10)18(25)23(17(12)24)11(2)16-20-15(21-26-16)14-9-19-6-7-22(14)3;/h4-5,8,11,14,19H,6-7,9H2,1-3H3;1H. The Labute approximate surface area is 163 Å². The molecule has 1 saturated heterocycles. The van der Waals surface area contributed by atoms with Gasteiger partial charge in [0.15, 0.2) is 5.82 Å². The predicted molar refractivity (Wildman–Crippen MR) is 99.9 cm³/mol. The minimum absolute atomic E-state index is 0. The fourth-order valence-electron chi connectivity index (χ4n) is 3.48. The van der Waals surface area contributed by atoms with Crippen LogP contribution in [-0.4, -0.2) is 58.4 Å². The predicted octanol–water partition coefficient (Wildman–Crippen LogP) is 1.73. The van der Waals surface area contributed by atoms with Crippen molar-refractivity contribution in [2.45, 2.75) is 25.9 Å². The minimum atomic E-state index is -0.620. The number of likely N-dealkylation sites (N-methyl/N-ethyl adjacent to an activating group) is 1. The highest BCUT2D eigenvalue weighted by atomic mass is 35.5. The van der Waals surface area contributed by atoms with Gasteiger partial charge in [-0.3, -0.25) is 19.4 Å². The second-order valence-corrected chi connectivity index (χ2v) is 6.90.